The molecule has 32 heavy (non-hydrogen) atoms. The first-order chi connectivity index (χ1) is 15.4. The molecule has 3 aromatic heterocycles. The minimum Gasteiger partial charge on any atom is -0.350 e. The molecule has 0 spiro atoms. The van der Waals surface area contributed by atoms with E-state index in [-0.39, 0.29) is 36.4 Å². The molecule has 0 aliphatic rings. The third kappa shape index (κ3) is 4.92. The number of nitrogens with zero attached hydrogens (tertiary/aromatic N) is 3. The zero-order chi connectivity index (χ0) is 22.7. The fourth-order valence-electron chi connectivity index (χ4n) is 3.25. The molecule has 0 aliphatic carbocycles. The van der Waals surface area contributed by atoms with Gasteiger partial charge >= 0.3 is 0 Å². The zero-order valence-corrected chi connectivity index (χ0v) is 19.1. The van der Waals surface area contributed by atoms with Gasteiger partial charge in [-0.2, -0.15) is 0 Å². The van der Waals surface area contributed by atoms with Crippen LogP contribution in [0.25, 0.3) is 21.5 Å². The minimum absolute atomic E-state index is 0.0741. The zero-order valence-electron chi connectivity index (χ0n) is 17.5. The van der Waals surface area contributed by atoms with Crippen molar-refractivity contribution in [3.63, 3.8) is 0 Å². The maximum Gasteiger partial charge on any atom is 0.262 e. The quantitative estimate of drug-likeness (QED) is 0.430. The number of amides is 2. The highest BCUT2D eigenvalue weighted by Gasteiger charge is 2.11. The van der Waals surface area contributed by atoms with E-state index in [4.69, 9.17) is 0 Å². The van der Waals surface area contributed by atoms with Crippen LogP contribution in [-0.4, -0.2) is 26.3 Å². The molecule has 0 saturated heterocycles. The summed E-state index contributed by atoms with van der Waals surface area (Å²) >= 11 is 2.75. The summed E-state index contributed by atoms with van der Waals surface area (Å²) in [6, 6.07) is 9.45. The van der Waals surface area contributed by atoms with E-state index >= 15 is 0 Å². The second-order valence-corrected chi connectivity index (χ2v) is 9.02. The summed E-state index contributed by atoms with van der Waals surface area (Å²) in [5.41, 5.74) is 2.53. The summed E-state index contributed by atoms with van der Waals surface area (Å²) in [6.45, 7) is 3.67. The summed E-state index contributed by atoms with van der Waals surface area (Å²) in [7, 11) is 0. The number of nitrogens with one attached hydrogen (secondary N) is 2. The molecular weight excluding hydrogens is 446 g/mol. The van der Waals surface area contributed by atoms with Gasteiger partial charge in [0.1, 0.15) is 4.83 Å². The van der Waals surface area contributed by atoms with Crippen molar-refractivity contribution < 1.29 is 9.59 Å². The maximum absolute atomic E-state index is 12.4. The smallest absolute Gasteiger partial charge is 0.262 e. The van der Waals surface area contributed by atoms with Crippen LogP contribution in [0.4, 0.5) is 5.13 Å². The highest BCUT2D eigenvalue weighted by atomic mass is 32.1. The van der Waals surface area contributed by atoms with Crippen molar-refractivity contribution in [3.8, 4) is 11.3 Å². The number of rotatable bonds is 7. The number of carbonyl (C=O) groups excluding carboxylic acids is 2. The van der Waals surface area contributed by atoms with Crippen LogP contribution in [0.1, 0.15) is 31.9 Å². The summed E-state index contributed by atoms with van der Waals surface area (Å²) in [6.07, 6.45) is 1.62. The average molecular weight is 468 g/mol. The van der Waals surface area contributed by atoms with Gasteiger partial charge in [-0.3, -0.25) is 19.0 Å². The van der Waals surface area contributed by atoms with Crippen LogP contribution in [0.2, 0.25) is 0 Å². The number of hydrogen-bond acceptors (Lipinski definition) is 7. The Morgan fingerprint density at radius 3 is 2.69 bits per heavy atom. The van der Waals surface area contributed by atoms with Crippen molar-refractivity contribution in [1.29, 1.82) is 0 Å². The van der Waals surface area contributed by atoms with Gasteiger partial charge in [-0.25, -0.2) is 9.97 Å². The Morgan fingerprint density at radius 2 is 1.94 bits per heavy atom. The predicted molar refractivity (Wildman–Crippen MR) is 127 cm³/mol. The Morgan fingerprint density at radius 1 is 1.16 bits per heavy atom. The van der Waals surface area contributed by atoms with E-state index in [2.05, 4.69) is 20.6 Å². The average Bonchev–Trinajstić information content (AvgIpc) is 3.43. The van der Waals surface area contributed by atoms with Crippen molar-refractivity contribution >= 4 is 49.8 Å². The number of aryl methyl sites for hydroxylation is 1. The molecule has 0 bridgehead atoms. The number of fused-ring (bicyclic) bond motifs is 1. The molecule has 10 heteroatoms. The van der Waals surface area contributed by atoms with Gasteiger partial charge < -0.3 is 10.6 Å². The van der Waals surface area contributed by atoms with Gasteiger partial charge in [0.05, 0.1) is 23.4 Å². The normalized spacial score (nSPS) is 11.9. The molecule has 1 atom stereocenters. The van der Waals surface area contributed by atoms with Crippen molar-refractivity contribution in [2.45, 2.75) is 32.9 Å². The number of aromatic nitrogens is 3. The molecule has 3 heterocycles. The second kappa shape index (κ2) is 9.41. The topological polar surface area (TPSA) is 106 Å². The third-order valence-corrected chi connectivity index (χ3v) is 6.49. The summed E-state index contributed by atoms with van der Waals surface area (Å²) < 4.78 is 1.45. The minimum atomic E-state index is -0.220. The van der Waals surface area contributed by atoms with Crippen LogP contribution < -0.4 is 16.2 Å². The first-order valence-corrected chi connectivity index (χ1v) is 11.7. The predicted octanol–water partition coefficient (Wildman–Crippen LogP) is 3.81. The fraction of sp³-hybridized carbons (Fsp3) is 0.227. The van der Waals surface area contributed by atoms with Crippen LogP contribution in [0.3, 0.4) is 0 Å². The lowest BCUT2D eigenvalue weighted by Gasteiger charge is -2.13. The molecule has 1 aromatic carbocycles. The molecule has 4 aromatic rings. The van der Waals surface area contributed by atoms with Crippen LogP contribution >= 0.6 is 22.7 Å². The fourth-order valence-corrected chi connectivity index (χ4v) is 4.71. The SMILES string of the molecule is CC(=O)NC(C)c1ccc(-c2csc(NC(=O)CCn3cnc4sccc4c3=O)n2)cc1. The van der Waals surface area contributed by atoms with E-state index in [1.54, 1.807) is 6.07 Å². The van der Waals surface area contributed by atoms with Crippen molar-refractivity contribution in [3.05, 3.63) is 63.3 Å². The molecular formula is C22H21N5O3S2. The lowest BCUT2D eigenvalue weighted by atomic mass is 10.1. The Balaban J connectivity index is 1.36. The first-order valence-electron chi connectivity index (χ1n) is 9.96. The number of carbonyl (C=O) groups is 2. The van der Waals surface area contributed by atoms with Crippen LogP contribution in [-0.2, 0) is 16.1 Å². The first kappa shape index (κ1) is 21.8. The summed E-state index contributed by atoms with van der Waals surface area (Å²) in [4.78, 5) is 45.4. The molecule has 164 valence electrons. The number of anilines is 1. The van der Waals surface area contributed by atoms with Crippen molar-refractivity contribution in [1.82, 2.24) is 19.9 Å². The Bertz CT molecular complexity index is 1320. The summed E-state index contributed by atoms with van der Waals surface area (Å²) in [5, 5.41) is 10.4. The van der Waals surface area contributed by atoms with E-state index in [0.717, 1.165) is 16.8 Å². The van der Waals surface area contributed by atoms with Crippen LogP contribution in [0.15, 0.2) is 52.2 Å². The van der Waals surface area contributed by atoms with Gasteiger partial charge in [-0.15, -0.1) is 22.7 Å². The van der Waals surface area contributed by atoms with Crippen molar-refractivity contribution in [2.24, 2.45) is 0 Å². The second-order valence-electron chi connectivity index (χ2n) is 7.26. The van der Waals surface area contributed by atoms with Gasteiger partial charge in [0, 0.05) is 30.8 Å². The Labute approximate surface area is 192 Å². The molecule has 2 N–H and O–H groups in total. The maximum atomic E-state index is 12.4. The third-order valence-electron chi connectivity index (χ3n) is 4.91. The van der Waals surface area contributed by atoms with E-state index in [9.17, 15) is 14.4 Å². The van der Waals surface area contributed by atoms with E-state index < -0.39 is 0 Å². The largest absolute Gasteiger partial charge is 0.350 e. The standard InChI is InChI=1S/C22H21N5O3S2/c1-13(24-14(2)28)15-3-5-16(6-4-15)18-11-32-22(25-18)26-19(29)7-9-27-12-23-20-17(21(27)30)8-10-31-20/h3-6,8,10-13H,7,9H2,1-2H3,(H,24,28)(H,25,26,29). The summed E-state index contributed by atoms with van der Waals surface area (Å²) in [5.74, 6) is -0.294. The number of benzene rings is 1. The van der Waals surface area contributed by atoms with E-state index in [1.807, 2.05) is 41.9 Å². The van der Waals surface area contributed by atoms with Gasteiger partial charge in [-0.05, 0) is 23.9 Å². The molecule has 2 amide bonds. The highest BCUT2D eigenvalue weighted by Crippen LogP contribution is 2.26. The molecule has 4 rings (SSSR count). The van der Waals surface area contributed by atoms with Gasteiger partial charge in [0.15, 0.2) is 5.13 Å². The monoisotopic (exact) mass is 467 g/mol. The lowest BCUT2D eigenvalue weighted by molar-refractivity contribution is -0.119. The molecule has 1 unspecified atom stereocenters. The van der Waals surface area contributed by atoms with Gasteiger partial charge in [0.2, 0.25) is 11.8 Å². The molecule has 0 aliphatic heterocycles. The van der Waals surface area contributed by atoms with Gasteiger partial charge in [-0.1, -0.05) is 24.3 Å². The number of thiophene rings is 1. The molecule has 0 saturated carbocycles. The highest BCUT2D eigenvalue weighted by molar-refractivity contribution is 7.16. The van der Waals surface area contributed by atoms with Gasteiger partial charge in [0.25, 0.3) is 5.56 Å². The van der Waals surface area contributed by atoms with E-state index in [0.29, 0.717) is 15.3 Å². The number of thiazole rings is 1. The van der Waals surface area contributed by atoms with Crippen LogP contribution in [0, 0.1) is 0 Å². The van der Waals surface area contributed by atoms with E-state index in [1.165, 1.54) is 40.5 Å². The molecule has 0 fully saturated rings. The Hall–Kier alpha value is -3.37. The molecule has 8 nitrogen and oxygen atoms in total. The van der Waals surface area contributed by atoms with Crippen molar-refractivity contribution in [2.75, 3.05) is 5.32 Å². The van der Waals surface area contributed by atoms with Crippen LogP contribution in [0.5, 0.6) is 0 Å². The number of hydrogen-bond donors (Lipinski definition) is 2. The lowest BCUT2D eigenvalue weighted by Crippen LogP contribution is -2.23. The Kier molecular flexibility index (Phi) is 6.42. The molecule has 0 radical (unpaired) electrons.